The number of phenolic OH excluding ortho intramolecular Hbond substituents is 1. The average Bonchev–Trinajstić information content (AvgIpc) is 2.94. The number of nitrogens with zero attached hydrogens (tertiary/aromatic N) is 2. The quantitative estimate of drug-likeness (QED) is 0.528. The Kier molecular flexibility index (Phi) is 3.61. The molecule has 0 spiro atoms. The van der Waals surface area contributed by atoms with E-state index in [9.17, 15) is 9.50 Å². The van der Waals surface area contributed by atoms with Crippen LogP contribution in [0.25, 0.3) is 22.2 Å². The van der Waals surface area contributed by atoms with Gasteiger partial charge in [-0.15, -0.1) is 0 Å². The summed E-state index contributed by atoms with van der Waals surface area (Å²) < 4.78 is 15.5. The number of halogens is 1. The third kappa shape index (κ3) is 2.92. The summed E-state index contributed by atoms with van der Waals surface area (Å²) in [5.74, 6) is 0.664. The minimum absolute atomic E-state index is 0.219. The van der Waals surface area contributed by atoms with Gasteiger partial charge in [0.15, 0.2) is 0 Å². The van der Waals surface area contributed by atoms with Crippen molar-refractivity contribution in [3.63, 3.8) is 0 Å². The van der Waals surface area contributed by atoms with E-state index in [-0.39, 0.29) is 11.6 Å². The second kappa shape index (κ2) is 5.94. The summed E-state index contributed by atoms with van der Waals surface area (Å²) in [6.45, 7) is 0. The first-order chi connectivity index (χ1) is 12.1. The number of aryl methyl sites for hydroxylation is 1. The van der Waals surface area contributed by atoms with Gasteiger partial charge >= 0.3 is 0 Å². The van der Waals surface area contributed by atoms with Gasteiger partial charge in [-0.1, -0.05) is 12.1 Å². The van der Waals surface area contributed by atoms with Crippen LogP contribution < -0.4 is 5.32 Å². The van der Waals surface area contributed by atoms with Crippen molar-refractivity contribution in [2.75, 3.05) is 5.32 Å². The topological polar surface area (TPSA) is 50.1 Å². The number of rotatable bonds is 3. The maximum absolute atomic E-state index is 13.5. The molecule has 2 N–H and O–H groups in total. The molecule has 0 aliphatic rings. The zero-order chi connectivity index (χ0) is 17.4. The van der Waals surface area contributed by atoms with E-state index in [4.69, 9.17) is 0 Å². The van der Waals surface area contributed by atoms with Gasteiger partial charge in [-0.3, -0.25) is 0 Å². The van der Waals surface area contributed by atoms with Crippen LogP contribution in [-0.4, -0.2) is 14.7 Å². The number of hydrogen-bond donors (Lipinski definition) is 2. The van der Waals surface area contributed by atoms with E-state index in [2.05, 4.69) is 10.3 Å². The molecule has 5 heteroatoms. The number of aromatic hydroxyl groups is 1. The van der Waals surface area contributed by atoms with Gasteiger partial charge in [-0.05, 0) is 42.5 Å². The maximum Gasteiger partial charge on any atom is 0.132 e. The Morgan fingerprint density at radius 1 is 1.04 bits per heavy atom. The second-order valence-corrected chi connectivity index (χ2v) is 5.90. The maximum atomic E-state index is 13.5. The Hall–Kier alpha value is -3.34. The van der Waals surface area contributed by atoms with Crippen LogP contribution in [0.2, 0.25) is 0 Å². The molecule has 0 atom stereocenters. The molecule has 4 aromatic rings. The van der Waals surface area contributed by atoms with Gasteiger partial charge in [0.2, 0.25) is 0 Å². The lowest BCUT2D eigenvalue weighted by Crippen LogP contribution is -1.95. The zero-order valence-electron chi connectivity index (χ0n) is 13.6. The van der Waals surface area contributed by atoms with Crippen LogP contribution >= 0.6 is 0 Å². The molecule has 0 fully saturated rings. The molecular formula is C20H16FN3O. The number of nitrogens with one attached hydrogen (secondary N) is 1. The van der Waals surface area contributed by atoms with Crippen molar-refractivity contribution in [2.24, 2.45) is 7.05 Å². The van der Waals surface area contributed by atoms with Gasteiger partial charge in [0.1, 0.15) is 17.4 Å². The normalized spacial score (nSPS) is 11.0. The van der Waals surface area contributed by atoms with Gasteiger partial charge < -0.3 is 15.0 Å². The van der Waals surface area contributed by atoms with Crippen molar-refractivity contribution in [1.82, 2.24) is 9.55 Å². The number of pyridine rings is 1. The van der Waals surface area contributed by atoms with Crippen LogP contribution in [0.4, 0.5) is 15.9 Å². The van der Waals surface area contributed by atoms with Crippen LogP contribution in [0.5, 0.6) is 5.75 Å². The van der Waals surface area contributed by atoms with Gasteiger partial charge in [0.05, 0.1) is 5.52 Å². The predicted molar refractivity (Wildman–Crippen MR) is 97.5 cm³/mol. The molecule has 0 aliphatic carbocycles. The molecule has 0 radical (unpaired) electrons. The van der Waals surface area contributed by atoms with Crippen molar-refractivity contribution >= 4 is 22.4 Å². The van der Waals surface area contributed by atoms with Crippen molar-refractivity contribution in [1.29, 1.82) is 0 Å². The molecule has 0 amide bonds. The first-order valence-electron chi connectivity index (χ1n) is 7.87. The fraction of sp³-hybridized carbons (Fsp3) is 0.0500. The zero-order valence-corrected chi connectivity index (χ0v) is 13.6. The molecule has 0 saturated carbocycles. The first kappa shape index (κ1) is 15.2. The van der Waals surface area contributed by atoms with E-state index in [1.165, 1.54) is 12.1 Å². The highest BCUT2D eigenvalue weighted by atomic mass is 19.1. The van der Waals surface area contributed by atoms with Crippen LogP contribution in [0.1, 0.15) is 0 Å². The number of aromatic nitrogens is 2. The molecule has 0 unspecified atom stereocenters. The van der Waals surface area contributed by atoms with Gasteiger partial charge in [-0.2, -0.15) is 0 Å². The molecule has 0 saturated heterocycles. The standard InChI is InChI=1S/C20H16FN3O/c1-24-18(13-3-2-4-15(21)9-13)10-14-12-22-20(11-19(14)24)23-16-5-7-17(25)8-6-16/h2-12,25H,1H3,(H,22,23). The number of phenols is 1. The van der Waals surface area contributed by atoms with Crippen molar-refractivity contribution in [3.8, 4) is 17.0 Å². The van der Waals surface area contributed by atoms with Crippen LogP contribution in [-0.2, 0) is 7.05 Å². The highest BCUT2D eigenvalue weighted by molar-refractivity contribution is 5.88. The largest absolute Gasteiger partial charge is 0.508 e. The lowest BCUT2D eigenvalue weighted by Gasteiger charge is -2.07. The van der Waals surface area contributed by atoms with E-state index in [0.29, 0.717) is 5.82 Å². The van der Waals surface area contributed by atoms with Crippen LogP contribution in [0.3, 0.4) is 0 Å². The summed E-state index contributed by atoms with van der Waals surface area (Å²) in [7, 11) is 1.95. The lowest BCUT2D eigenvalue weighted by molar-refractivity contribution is 0.475. The van der Waals surface area contributed by atoms with Crippen molar-refractivity contribution < 1.29 is 9.50 Å². The van der Waals surface area contributed by atoms with Gasteiger partial charge in [0.25, 0.3) is 0 Å². The molecule has 2 heterocycles. The summed E-state index contributed by atoms with van der Waals surface area (Å²) in [5.41, 5.74) is 3.59. The first-order valence-corrected chi connectivity index (χ1v) is 7.87. The third-order valence-electron chi connectivity index (χ3n) is 4.19. The minimum Gasteiger partial charge on any atom is -0.508 e. The Morgan fingerprint density at radius 3 is 2.60 bits per heavy atom. The van der Waals surface area contributed by atoms with E-state index in [1.54, 1.807) is 36.5 Å². The highest BCUT2D eigenvalue weighted by Crippen LogP contribution is 2.29. The Morgan fingerprint density at radius 2 is 1.84 bits per heavy atom. The van der Waals surface area contributed by atoms with Crippen LogP contribution in [0.15, 0.2) is 66.9 Å². The molecule has 4 nitrogen and oxygen atoms in total. The number of anilines is 2. The molecule has 124 valence electrons. The molecule has 2 aromatic heterocycles. The van der Waals surface area contributed by atoms with E-state index >= 15 is 0 Å². The number of benzene rings is 2. The molecule has 0 bridgehead atoms. The summed E-state index contributed by atoms with van der Waals surface area (Å²) in [4.78, 5) is 4.43. The second-order valence-electron chi connectivity index (χ2n) is 5.90. The molecule has 0 aliphatic heterocycles. The summed E-state index contributed by atoms with van der Waals surface area (Å²) >= 11 is 0. The fourth-order valence-electron chi connectivity index (χ4n) is 2.92. The van der Waals surface area contributed by atoms with E-state index in [1.807, 2.05) is 29.8 Å². The van der Waals surface area contributed by atoms with Gasteiger partial charge in [-0.25, -0.2) is 9.37 Å². The summed E-state index contributed by atoms with van der Waals surface area (Å²) in [6, 6.07) is 17.3. The molecule has 25 heavy (non-hydrogen) atoms. The van der Waals surface area contributed by atoms with Crippen LogP contribution in [0, 0.1) is 5.82 Å². The highest BCUT2D eigenvalue weighted by Gasteiger charge is 2.10. The Bertz CT molecular complexity index is 1050. The minimum atomic E-state index is -0.254. The number of hydrogen-bond acceptors (Lipinski definition) is 3. The van der Waals surface area contributed by atoms with Crippen molar-refractivity contribution in [2.45, 2.75) is 0 Å². The molecular weight excluding hydrogens is 317 g/mol. The third-order valence-corrected chi connectivity index (χ3v) is 4.19. The Balaban J connectivity index is 1.73. The molecule has 4 rings (SSSR count). The fourth-order valence-corrected chi connectivity index (χ4v) is 2.92. The molecule has 2 aromatic carbocycles. The van der Waals surface area contributed by atoms with Crippen molar-refractivity contribution in [3.05, 3.63) is 72.7 Å². The SMILES string of the molecule is Cn1c(-c2cccc(F)c2)cc2cnc(Nc3ccc(O)cc3)cc21. The summed E-state index contributed by atoms with van der Waals surface area (Å²) in [6.07, 6.45) is 1.79. The Labute approximate surface area is 144 Å². The van der Waals surface area contributed by atoms with E-state index in [0.717, 1.165) is 27.8 Å². The lowest BCUT2D eigenvalue weighted by atomic mass is 10.1. The number of fused-ring (bicyclic) bond motifs is 1. The van der Waals surface area contributed by atoms with E-state index < -0.39 is 0 Å². The van der Waals surface area contributed by atoms with Gasteiger partial charge in [0, 0.05) is 41.6 Å². The smallest absolute Gasteiger partial charge is 0.132 e. The summed E-state index contributed by atoms with van der Waals surface area (Å²) in [5, 5.41) is 13.6. The monoisotopic (exact) mass is 333 g/mol. The average molecular weight is 333 g/mol. The predicted octanol–water partition coefficient (Wildman–Crippen LogP) is 4.83.